The second-order valence-electron chi connectivity index (χ2n) is 4.11. The number of nitro benzene ring substituents is 1. The van der Waals surface area contributed by atoms with Gasteiger partial charge >= 0.3 is 0 Å². The van der Waals surface area contributed by atoms with E-state index in [9.17, 15) is 14.9 Å². The number of nitrogen functional groups attached to an aromatic ring is 1. The van der Waals surface area contributed by atoms with Gasteiger partial charge in [-0.2, -0.15) is 0 Å². The Hall–Kier alpha value is -2.12. The smallest absolute Gasteiger partial charge is 0.294 e. The van der Waals surface area contributed by atoms with Crippen LogP contribution in [-0.4, -0.2) is 10.8 Å². The molecule has 0 saturated carbocycles. The van der Waals surface area contributed by atoms with Crippen LogP contribution in [0, 0.1) is 10.1 Å². The first kappa shape index (κ1) is 15.3. The van der Waals surface area contributed by atoms with Gasteiger partial charge in [0.25, 0.3) is 11.6 Å². The van der Waals surface area contributed by atoms with Crippen LogP contribution in [0.4, 0.5) is 17.1 Å². The van der Waals surface area contributed by atoms with E-state index in [-0.39, 0.29) is 22.0 Å². The number of amides is 1. The van der Waals surface area contributed by atoms with Crippen molar-refractivity contribution >= 4 is 50.5 Å². The van der Waals surface area contributed by atoms with Crippen LogP contribution in [0.1, 0.15) is 10.4 Å². The van der Waals surface area contributed by atoms with E-state index in [4.69, 9.17) is 17.3 Å². The number of nitrogens with zero attached hydrogens (tertiary/aromatic N) is 1. The molecule has 0 unspecified atom stereocenters. The second-order valence-corrected chi connectivity index (χ2v) is 5.40. The van der Waals surface area contributed by atoms with Crippen LogP contribution in [-0.2, 0) is 0 Å². The van der Waals surface area contributed by atoms with Crippen LogP contribution in [0.15, 0.2) is 40.9 Å². The lowest BCUT2D eigenvalue weighted by molar-refractivity contribution is -0.383. The molecule has 0 atom stereocenters. The van der Waals surface area contributed by atoms with Gasteiger partial charge in [-0.15, -0.1) is 0 Å². The number of nitrogens with one attached hydrogen (secondary N) is 1. The number of rotatable bonds is 3. The van der Waals surface area contributed by atoms with Gasteiger partial charge < -0.3 is 11.1 Å². The molecule has 3 N–H and O–H groups in total. The van der Waals surface area contributed by atoms with Crippen molar-refractivity contribution in [1.29, 1.82) is 0 Å². The highest BCUT2D eigenvalue weighted by Crippen LogP contribution is 2.29. The standard InChI is InChI=1S/C13H9BrClN3O3/c14-10-3-2-8(16)6-9(10)13(19)17-11-4-1-7(15)5-12(11)18(20)21/h1-6H,16H2,(H,17,19). The summed E-state index contributed by atoms with van der Waals surface area (Å²) in [6.45, 7) is 0. The van der Waals surface area contributed by atoms with Crippen molar-refractivity contribution in [2.45, 2.75) is 0 Å². The number of nitro groups is 1. The molecule has 2 rings (SSSR count). The van der Waals surface area contributed by atoms with Crippen molar-refractivity contribution in [2.75, 3.05) is 11.1 Å². The monoisotopic (exact) mass is 369 g/mol. The minimum Gasteiger partial charge on any atom is -0.399 e. The van der Waals surface area contributed by atoms with Crippen molar-refractivity contribution in [3.05, 3.63) is 61.6 Å². The highest BCUT2D eigenvalue weighted by molar-refractivity contribution is 9.10. The van der Waals surface area contributed by atoms with Crippen molar-refractivity contribution < 1.29 is 9.72 Å². The molecule has 0 aliphatic rings. The van der Waals surface area contributed by atoms with E-state index in [0.717, 1.165) is 0 Å². The Morgan fingerprint density at radius 1 is 1.29 bits per heavy atom. The first-order valence-corrected chi connectivity index (χ1v) is 6.86. The average molecular weight is 371 g/mol. The molecule has 0 spiro atoms. The fourth-order valence-electron chi connectivity index (χ4n) is 1.67. The maximum absolute atomic E-state index is 12.2. The summed E-state index contributed by atoms with van der Waals surface area (Å²) < 4.78 is 0.533. The Balaban J connectivity index is 2.36. The van der Waals surface area contributed by atoms with Gasteiger partial charge in [-0.25, -0.2) is 0 Å². The lowest BCUT2D eigenvalue weighted by Gasteiger charge is -2.08. The van der Waals surface area contributed by atoms with Crippen LogP contribution in [0.5, 0.6) is 0 Å². The summed E-state index contributed by atoms with van der Waals surface area (Å²) >= 11 is 8.95. The number of anilines is 2. The lowest BCUT2D eigenvalue weighted by atomic mass is 10.2. The third kappa shape index (κ3) is 3.50. The number of hydrogen-bond donors (Lipinski definition) is 2. The summed E-state index contributed by atoms with van der Waals surface area (Å²) in [6.07, 6.45) is 0. The van der Waals surface area contributed by atoms with Crippen LogP contribution < -0.4 is 11.1 Å². The van der Waals surface area contributed by atoms with Crippen LogP contribution in [0.3, 0.4) is 0 Å². The lowest BCUT2D eigenvalue weighted by Crippen LogP contribution is -2.14. The zero-order chi connectivity index (χ0) is 15.6. The number of halogens is 2. The third-order valence-corrected chi connectivity index (χ3v) is 3.57. The molecule has 108 valence electrons. The van der Waals surface area contributed by atoms with E-state index >= 15 is 0 Å². The van der Waals surface area contributed by atoms with E-state index in [2.05, 4.69) is 21.2 Å². The predicted molar refractivity (Wildman–Crippen MR) is 84.6 cm³/mol. The summed E-state index contributed by atoms with van der Waals surface area (Å²) in [5.74, 6) is -0.514. The molecule has 0 saturated heterocycles. The summed E-state index contributed by atoms with van der Waals surface area (Å²) in [5, 5.41) is 13.7. The Labute approximate surface area is 133 Å². The largest absolute Gasteiger partial charge is 0.399 e. The van der Waals surface area contributed by atoms with Gasteiger partial charge in [0.2, 0.25) is 0 Å². The predicted octanol–water partition coefficient (Wildman–Crippen LogP) is 3.85. The van der Waals surface area contributed by atoms with Crippen LogP contribution in [0.2, 0.25) is 5.02 Å². The minimum absolute atomic E-state index is 0.0590. The number of carbonyl (C=O) groups excluding carboxylic acids is 1. The number of hydrogen-bond acceptors (Lipinski definition) is 4. The van der Waals surface area contributed by atoms with Gasteiger partial charge in [0.15, 0.2) is 0 Å². The van der Waals surface area contributed by atoms with E-state index < -0.39 is 10.8 Å². The SMILES string of the molecule is Nc1ccc(Br)c(C(=O)Nc2ccc(Cl)cc2[N+](=O)[O-])c1. The Morgan fingerprint density at radius 3 is 2.67 bits per heavy atom. The summed E-state index contributed by atoms with van der Waals surface area (Å²) in [6, 6.07) is 8.73. The number of benzene rings is 2. The summed E-state index contributed by atoms with van der Waals surface area (Å²) in [4.78, 5) is 22.6. The molecule has 0 fully saturated rings. The fourth-order valence-corrected chi connectivity index (χ4v) is 2.26. The molecule has 0 radical (unpaired) electrons. The molecule has 21 heavy (non-hydrogen) atoms. The van der Waals surface area contributed by atoms with Crippen molar-refractivity contribution in [2.24, 2.45) is 0 Å². The van der Waals surface area contributed by atoms with E-state index in [1.165, 1.54) is 24.3 Å². The van der Waals surface area contributed by atoms with Gasteiger partial charge in [-0.3, -0.25) is 14.9 Å². The van der Waals surface area contributed by atoms with Gasteiger partial charge in [-0.1, -0.05) is 11.6 Å². The molecule has 6 nitrogen and oxygen atoms in total. The molecule has 0 aliphatic carbocycles. The minimum atomic E-state index is -0.615. The molecular formula is C13H9BrClN3O3. The maximum atomic E-state index is 12.2. The zero-order valence-electron chi connectivity index (χ0n) is 10.5. The van der Waals surface area contributed by atoms with Gasteiger partial charge in [0, 0.05) is 21.2 Å². The van der Waals surface area contributed by atoms with Crippen LogP contribution in [0.25, 0.3) is 0 Å². The average Bonchev–Trinajstić information content (AvgIpc) is 2.43. The molecule has 0 aromatic heterocycles. The zero-order valence-corrected chi connectivity index (χ0v) is 12.8. The van der Waals surface area contributed by atoms with Crippen molar-refractivity contribution in [3.8, 4) is 0 Å². The highest BCUT2D eigenvalue weighted by atomic mass is 79.9. The van der Waals surface area contributed by atoms with Gasteiger partial charge in [0.1, 0.15) is 5.69 Å². The Kier molecular flexibility index (Phi) is 4.44. The molecule has 0 heterocycles. The quantitative estimate of drug-likeness (QED) is 0.487. The van der Waals surface area contributed by atoms with Crippen molar-refractivity contribution in [1.82, 2.24) is 0 Å². The molecule has 1 amide bonds. The highest BCUT2D eigenvalue weighted by Gasteiger charge is 2.18. The third-order valence-electron chi connectivity index (χ3n) is 2.64. The Bertz CT molecular complexity index is 737. The van der Waals surface area contributed by atoms with Crippen molar-refractivity contribution in [3.63, 3.8) is 0 Å². The first-order valence-electron chi connectivity index (χ1n) is 5.69. The molecule has 2 aromatic rings. The summed E-state index contributed by atoms with van der Waals surface area (Å²) in [7, 11) is 0. The fraction of sp³-hybridized carbons (Fsp3) is 0. The van der Waals surface area contributed by atoms with E-state index in [1.54, 1.807) is 12.1 Å². The van der Waals surface area contributed by atoms with Gasteiger partial charge in [-0.05, 0) is 46.3 Å². The first-order chi connectivity index (χ1) is 9.88. The second kappa shape index (κ2) is 6.11. The topological polar surface area (TPSA) is 98.3 Å². The molecule has 8 heteroatoms. The molecule has 0 bridgehead atoms. The maximum Gasteiger partial charge on any atom is 0.294 e. The van der Waals surface area contributed by atoms with Crippen LogP contribution >= 0.6 is 27.5 Å². The Morgan fingerprint density at radius 2 is 2.00 bits per heavy atom. The molecular weight excluding hydrogens is 362 g/mol. The van der Waals surface area contributed by atoms with E-state index in [0.29, 0.717) is 10.2 Å². The number of nitrogens with two attached hydrogens (primary N) is 1. The number of carbonyl (C=O) groups is 1. The molecule has 2 aromatic carbocycles. The van der Waals surface area contributed by atoms with E-state index in [1.807, 2.05) is 0 Å². The van der Waals surface area contributed by atoms with Gasteiger partial charge in [0.05, 0.1) is 10.5 Å². The molecule has 0 aliphatic heterocycles. The summed E-state index contributed by atoms with van der Waals surface area (Å²) in [5.41, 5.74) is 6.10. The normalized spacial score (nSPS) is 10.2.